The van der Waals surface area contributed by atoms with E-state index in [-0.39, 0.29) is 0 Å². The van der Waals surface area contributed by atoms with Crippen molar-refractivity contribution in [3.05, 3.63) is 77.2 Å². The SMILES string of the molecule is CC(C)(C(=O)O)C(=O)Cn1nc(-c2c(-c3ccccc3)nn3ccccc23)ccc1=O. The summed E-state index contributed by atoms with van der Waals surface area (Å²) in [6.07, 6.45) is 1.82. The van der Waals surface area contributed by atoms with Gasteiger partial charge in [0.15, 0.2) is 5.78 Å². The fraction of sp³-hybridized carbons (Fsp3) is 0.174. The number of nitrogens with zero attached hydrogens (tertiary/aromatic N) is 4. The van der Waals surface area contributed by atoms with Gasteiger partial charge in [-0.25, -0.2) is 9.20 Å². The highest BCUT2D eigenvalue weighted by Gasteiger charge is 2.36. The summed E-state index contributed by atoms with van der Waals surface area (Å²) in [5.41, 5.74) is 1.40. The summed E-state index contributed by atoms with van der Waals surface area (Å²) in [4.78, 5) is 36.3. The van der Waals surface area contributed by atoms with E-state index in [1.165, 1.54) is 19.9 Å². The number of pyridine rings is 1. The van der Waals surface area contributed by atoms with E-state index in [2.05, 4.69) is 10.2 Å². The van der Waals surface area contributed by atoms with E-state index in [4.69, 9.17) is 0 Å². The number of aromatic nitrogens is 4. The molecule has 0 amide bonds. The van der Waals surface area contributed by atoms with E-state index in [0.29, 0.717) is 17.0 Å². The molecule has 0 atom stereocenters. The quantitative estimate of drug-likeness (QED) is 0.485. The van der Waals surface area contributed by atoms with Gasteiger partial charge in [-0.3, -0.25) is 14.4 Å². The predicted molar refractivity (Wildman–Crippen MR) is 115 cm³/mol. The third kappa shape index (κ3) is 3.63. The van der Waals surface area contributed by atoms with Crippen LogP contribution < -0.4 is 5.56 Å². The maximum atomic E-state index is 12.5. The first-order valence-electron chi connectivity index (χ1n) is 9.67. The number of hydrogen-bond acceptors (Lipinski definition) is 5. The van der Waals surface area contributed by atoms with Gasteiger partial charge in [-0.15, -0.1) is 0 Å². The molecule has 0 radical (unpaired) electrons. The van der Waals surface area contributed by atoms with Gasteiger partial charge in [0.25, 0.3) is 5.56 Å². The van der Waals surface area contributed by atoms with Crippen LogP contribution in [0.15, 0.2) is 71.7 Å². The second kappa shape index (κ2) is 7.64. The molecule has 0 fully saturated rings. The monoisotopic (exact) mass is 416 g/mol. The number of carbonyl (C=O) groups excluding carboxylic acids is 1. The summed E-state index contributed by atoms with van der Waals surface area (Å²) in [5.74, 6) is -1.87. The van der Waals surface area contributed by atoms with Gasteiger partial charge in [0.05, 0.1) is 16.8 Å². The van der Waals surface area contributed by atoms with Crippen LogP contribution in [0.2, 0.25) is 0 Å². The van der Waals surface area contributed by atoms with Crippen molar-refractivity contribution in [3.63, 3.8) is 0 Å². The van der Waals surface area contributed by atoms with Crippen LogP contribution in [-0.2, 0) is 16.1 Å². The second-order valence-electron chi connectivity index (χ2n) is 7.69. The molecule has 8 heteroatoms. The zero-order valence-corrected chi connectivity index (χ0v) is 17.0. The molecule has 31 heavy (non-hydrogen) atoms. The Morgan fingerprint density at radius 3 is 2.39 bits per heavy atom. The topological polar surface area (TPSA) is 107 Å². The van der Waals surface area contributed by atoms with Crippen molar-refractivity contribution in [3.8, 4) is 22.5 Å². The summed E-state index contributed by atoms with van der Waals surface area (Å²) in [5, 5.41) is 18.4. The molecule has 0 spiro atoms. The molecule has 156 valence electrons. The molecule has 0 aliphatic heterocycles. The van der Waals surface area contributed by atoms with Gasteiger partial charge in [-0.2, -0.15) is 10.2 Å². The molecule has 1 N–H and O–H groups in total. The molecule has 0 unspecified atom stereocenters. The van der Waals surface area contributed by atoms with E-state index >= 15 is 0 Å². The number of aliphatic carboxylic acids is 1. The summed E-state index contributed by atoms with van der Waals surface area (Å²) in [6.45, 7) is 2.18. The zero-order valence-electron chi connectivity index (χ0n) is 17.0. The highest BCUT2D eigenvalue weighted by Crippen LogP contribution is 2.33. The smallest absolute Gasteiger partial charge is 0.316 e. The fourth-order valence-electron chi connectivity index (χ4n) is 3.20. The Bertz CT molecular complexity index is 1350. The lowest BCUT2D eigenvalue weighted by molar-refractivity contribution is -0.152. The van der Waals surface area contributed by atoms with Crippen molar-refractivity contribution in [2.75, 3.05) is 0 Å². The van der Waals surface area contributed by atoms with Gasteiger partial charge in [-0.05, 0) is 32.0 Å². The van der Waals surface area contributed by atoms with Crippen LogP contribution >= 0.6 is 0 Å². The molecule has 4 aromatic rings. The van der Waals surface area contributed by atoms with E-state index in [1.807, 2.05) is 54.7 Å². The third-order valence-corrected chi connectivity index (χ3v) is 5.24. The van der Waals surface area contributed by atoms with Crippen molar-refractivity contribution >= 4 is 17.3 Å². The van der Waals surface area contributed by atoms with Gasteiger partial charge in [0.1, 0.15) is 17.7 Å². The summed E-state index contributed by atoms with van der Waals surface area (Å²) in [6, 6.07) is 18.1. The highest BCUT2D eigenvalue weighted by atomic mass is 16.4. The van der Waals surface area contributed by atoms with Crippen LogP contribution in [-0.4, -0.2) is 36.3 Å². The first kappa shape index (κ1) is 20.2. The summed E-state index contributed by atoms with van der Waals surface area (Å²) in [7, 11) is 0. The number of carboxylic acids is 1. The van der Waals surface area contributed by atoms with Crippen molar-refractivity contribution in [2.45, 2.75) is 20.4 Å². The molecule has 3 heterocycles. The lowest BCUT2D eigenvalue weighted by atomic mass is 9.88. The fourth-order valence-corrected chi connectivity index (χ4v) is 3.20. The minimum absolute atomic E-state index is 0.439. The third-order valence-electron chi connectivity index (χ3n) is 5.24. The van der Waals surface area contributed by atoms with E-state index in [1.54, 1.807) is 10.6 Å². The van der Waals surface area contributed by atoms with Gasteiger partial charge >= 0.3 is 5.97 Å². The predicted octanol–water partition coefficient (Wildman–Crippen LogP) is 2.90. The van der Waals surface area contributed by atoms with E-state index < -0.39 is 29.3 Å². The normalized spacial score (nSPS) is 11.5. The number of fused-ring (bicyclic) bond motifs is 1. The van der Waals surface area contributed by atoms with Gasteiger partial charge in [0.2, 0.25) is 0 Å². The molecule has 4 rings (SSSR count). The minimum atomic E-state index is -1.63. The Kier molecular flexibility index (Phi) is 4.98. The van der Waals surface area contributed by atoms with Crippen LogP contribution in [0.3, 0.4) is 0 Å². The number of Topliss-reactive ketones (excluding diaryl/α,β-unsaturated/α-hetero) is 1. The van der Waals surface area contributed by atoms with Crippen molar-refractivity contribution in [1.82, 2.24) is 19.4 Å². The number of rotatable bonds is 6. The summed E-state index contributed by atoms with van der Waals surface area (Å²) < 4.78 is 2.73. The van der Waals surface area contributed by atoms with Crippen LogP contribution in [0.4, 0.5) is 0 Å². The summed E-state index contributed by atoms with van der Waals surface area (Å²) >= 11 is 0. The molecular weight excluding hydrogens is 396 g/mol. The zero-order chi connectivity index (χ0) is 22.2. The Labute approximate surface area is 177 Å². The number of carboxylic acid groups (broad SMARTS) is 1. The van der Waals surface area contributed by atoms with Crippen molar-refractivity contribution < 1.29 is 14.7 Å². The molecule has 0 aliphatic rings. The average molecular weight is 416 g/mol. The minimum Gasteiger partial charge on any atom is -0.481 e. The maximum absolute atomic E-state index is 12.5. The Hall–Kier alpha value is -4.07. The van der Waals surface area contributed by atoms with Gasteiger partial charge < -0.3 is 5.11 Å². The van der Waals surface area contributed by atoms with Crippen LogP contribution in [0, 0.1) is 5.41 Å². The van der Waals surface area contributed by atoms with Crippen molar-refractivity contribution in [2.24, 2.45) is 5.41 Å². The number of benzene rings is 1. The lowest BCUT2D eigenvalue weighted by Gasteiger charge is -2.17. The van der Waals surface area contributed by atoms with Gasteiger partial charge in [0, 0.05) is 17.8 Å². The Morgan fingerprint density at radius 2 is 1.68 bits per heavy atom. The molecule has 0 saturated heterocycles. The van der Waals surface area contributed by atoms with Crippen molar-refractivity contribution in [1.29, 1.82) is 0 Å². The largest absolute Gasteiger partial charge is 0.481 e. The van der Waals surface area contributed by atoms with E-state index in [0.717, 1.165) is 15.8 Å². The van der Waals surface area contributed by atoms with Gasteiger partial charge in [-0.1, -0.05) is 36.4 Å². The molecule has 1 aromatic carbocycles. The standard InChI is InChI=1S/C23H20N4O4/c1-23(2,22(30)31)18(28)14-27-19(29)12-11-16(24-27)20-17-10-6-7-13-26(17)25-21(20)15-8-4-3-5-9-15/h3-13H,14H2,1-2H3,(H,30,31). The first-order valence-corrected chi connectivity index (χ1v) is 9.67. The molecule has 3 aromatic heterocycles. The van der Waals surface area contributed by atoms with Crippen LogP contribution in [0.5, 0.6) is 0 Å². The lowest BCUT2D eigenvalue weighted by Crippen LogP contribution is -2.38. The highest BCUT2D eigenvalue weighted by molar-refractivity contribution is 6.02. The average Bonchev–Trinajstić information content (AvgIpc) is 3.15. The Balaban J connectivity index is 1.86. The maximum Gasteiger partial charge on any atom is 0.316 e. The Morgan fingerprint density at radius 1 is 0.968 bits per heavy atom. The molecule has 0 bridgehead atoms. The molecule has 8 nitrogen and oxygen atoms in total. The molecule has 0 aliphatic carbocycles. The number of ketones is 1. The van der Waals surface area contributed by atoms with Crippen LogP contribution in [0.1, 0.15) is 13.8 Å². The van der Waals surface area contributed by atoms with E-state index in [9.17, 15) is 19.5 Å². The van der Waals surface area contributed by atoms with Crippen LogP contribution in [0.25, 0.3) is 28.0 Å². The molecule has 0 saturated carbocycles. The first-order chi connectivity index (χ1) is 14.8. The number of hydrogen-bond donors (Lipinski definition) is 1. The number of carbonyl (C=O) groups is 2. The molecular formula is C23H20N4O4. The second-order valence-corrected chi connectivity index (χ2v) is 7.69.